The fraction of sp³-hybridized carbons (Fsp3) is 0.217. The number of fused-ring (bicyclic) bond motifs is 1. The van der Waals surface area contributed by atoms with Crippen molar-refractivity contribution >= 4 is 34.1 Å². The second-order valence-electron chi connectivity index (χ2n) is 7.43. The van der Waals surface area contributed by atoms with Gasteiger partial charge in [0.05, 0.1) is 5.25 Å². The molecular weight excluding hydrogens is 394 g/mol. The van der Waals surface area contributed by atoms with Gasteiger partial charge in [0.1, 0.15) is 0 Å². The molecule has 5 rings (SSSR count). The van der Waals surface area contributed by atoms with Gasteiger partial charge < -0.3 is 5.32 Å². The standard InChI is InChI=1S/C23H21N5OS/c1-15(22(29)25-20-10-4-7-16-6-2-3-9-19(16)20)30-23-27-26-21(28(23)18-11-12-18)17-8-5-13-24-14-17/h2-10,13-15,18H,11-12H2,1H3,(H,25,29)/t15-/m0/s1. The van der Waals surface area contributed by atoms with E-state index in [0.717, 1.165) is 45.8 Å². The molecule has 0 aliphatic heterocycles. The predicted molar refractivity (Wildman–Crippen MR) is 119 cm³/mol. The first-order chi connectivity index (χ1) is 14.7. The Morgan fingerprint density at radius 2 is 1.93 bits per heavy atom. The van der Waals surface area contributed by atoms with Crippen molar-refractivity contribution in [3.63, 3.8) is 0 Å². The summed E-state index contributed by atoms with van der Waals surface area (Å²) in [6, 6.07) is 18.3. The maximum Gasteiger partial charge on any atom is 0.237 e. The van der Waals surface area contributed by atoms with Gasteiger partial charge in [0.25, 0.3) is 0 Å². The molecule has 1 fully saturated rings. The first-order valence-corrected chi connectivity index (χ1v) is 10.9. The number of rotatable bonds is 6. The zero-order chi connectivity index (χ0) is 20.5. The summed E-state index contributed by atoms with van der Waals surface area (Å²) < 4.78 is 2.16. The highest BCUT2D eigenvalue weighted by Crippen LogP contribution is 2.41. The van der Waals surface area contributed by atoms with Crippen molar-refractivity contribution in [1.82, 2.24) is 19.7 Å². The molecule has 0 unspecified atom stereocenters. The third-order valence-electron chi connectivity index (χ3n) is 5.20. The monoisotopic (exact) mass is 415 g/mol. The summed E-state index contributed by atoms with van der Waals surface area (Å²) in [6.45, 7) is 1.90. The van der Waals surface area contributed by atoms with Gasteiger partial charge in [0.2, 0.25) is 5.91 Å². The Hall–Kier alpha value is -3.19. The Labute approximate surface area is 178 Å². The average molecular weight is 416 g/mol. The minimum Gasteiger partial charge on any atom is -0.325 e. The number of amides is 1. The number of benzene rings is 2. The van der Waals surface area contributed by atoms with E-state index in [1.807, 2.05) is 61.5 Å². The fourth-order valence-electron chi connectivity index (χ4n) is 3.49. The minimum atomic E-state index is -0.313. The van der Waals surface area contributed by atoms with Crippen molar-refractivity contribution in [3.05, 3.63) is 67.0 Å². The molecule has 2 heterocycles. The quantitative estimate of drug-likeness (QED) is 0.451. The third kappa shape index (κ3) is 3.68. The lowest BCUT2D eigenvalue weighted by Crippen LogP contribution is -2.23. The first kappa shape index (κ1) is 18.8. The molecule has 4 aromatic rings. The van der Waals surface area contributed by atoms with Gasteiger partial charge >= 0.3 is 0 Å². The van der Waals surface area contributed by atoms with Crippen molar-refractivity contribution in [1.29, 1.82) is 0 Å². The molecule has 1 saturated carbocycles. The highest BCUT2D eigenvalue weighted by Gasteiger charge is 2.31. The van der Waals surface area contributed by atoms with E-state index >= 15 is 0 Å². The SMILES string of the molecule is C[C@H](Sc1nnc(-c2cccnc2)n1C1CC1)C(=O)Nc1cccc2ccccc12. The van der Waals surface area contributed by atoms with Crippen molar-refractivity contribution in [2.24, 2.45) is 0 Å². The van der Waals surface area contributed by atoms with Crippen LogP contribution in [0.2, 0.25) is 0 Å². The van der Waals surface area contributed by atoms with Gasteiger partial charge in [0.15, 0.2) is 11.0 Å². The van der Waals surface area contributed by atoms with Crippen LogP contribution in [0.4, 0.5) is 5.69 Å². The molecule has 1 amide bonds. The van der Waals surface area contributed by atoms with E-state index < -0.39 is 0 Å². The van der Waals surface area contributed by atoms with Gasteiger partial charge in [-0.1, -0.05) is 48.2 Å². The fourth-order valence-corrected chi connectivity index (χ4v) is 4.41. The van der Waals surface area contributed by atoms with E-state index in [4.69, 9.17) is 0 Å². The van der Waals surface area contributed by atoms with Crippen LogP contribution < -0.4 is 5.32 Å². The highest BCUT2D eigenvalue weighted by atomic mass is 32.2. The van der Waals surface area contributed by atoms with Crippen LogP contribution >= 0.6 is 11.8 Å². The van der Waals surface area contributed by atoms with Gasteiger partial charge in [-0.2, -0.15) is 0 Å². The normalized spacial score (nSPS) is 14.6. The molecule has 150 valence electrons. The number of aromatic nitrogens is 4. The van der Waals surface area contributed by atoms with Gasteiger partial charge in [-0.15, -0.1) is 10.2 Å². The Kier molecular flexibility index (Phi) is 4.96. The van der Waals surface area contributed by atoms with Crippen LogP contribution in [0, 0.1) is 0 Å². The second-order valence-corrected chi connectivity index (χ2v) is 8.73. The molecule has 1 N–H and O–H groups in total. The lowest BCUT2D eigenvalue weighted by atomic mass is 10.1. The van der Waals surface area contributed by atoms with Gasteiger partial charge in [-0.05, 0) is 43.4 Å². The molecule has 0 spiro atoms. The lowest BCUT2D eigenvalue weighted by molar-refractivity contribution is -0.115. The number of nitrogens with zero attached hydrogens (tertiary/aromatic N) is 4. The molecule has 2 aromatic heterocycles. The largest absolute Gasteiger partial charge is 0.325 e. The van der Waals surface area contributed by atoms with E-state index in [9.17, 15) is 4.79 Å². The van der Waals surface area contributed by atoms with Crippen LogP contribution in [0.25, 0.3) is 22.2 Å². The number of hydrogen-bond donors (Lipinski definition) is 1. The summed E-state index contributed by atoms with van der Waals surface area (Å²) in [6.07, 6.45) is 5.76. The summed E-state index contributed by atoms with van der Waals surface area (Å²) in [5.41, 5.74) is 1.77. The van der Waals surface area contributed by atoms with Crippen LogP contribution in [0.5, 0.6) is 0 Å². The molecule has 2 aromatic carbocycles. The third-order valence-corrected chi connectivity index (χ3v) is 6.25. The van der Waals surface area contributed by atoms with Crippen molar-refractivity contribution < 1.29 is 4.79 Å². The molecule has 30 heavy (non-hydrogen) atoms. The van der Waals surface area contributed by atoms with Gasteiger partial charge in [-0.3, -0.25) is 14.3 Å². The molecule has 0 radical (unpaired) electrons. The van der Waals surface area contributed by atoms with E-state index in [1.54, 1.807) is 12.4 Å². The summed E-state index contributed by atoms with van der Waals surface area (Å²) in [7, 11) is 0. The van der Waals surface area contributed by atoms with E-state index in [-0.39, 0.29) is 11.2 Å². The van der Waals surface area contributed by atoms with Crippen molar-refractivity contribution in [2.45, 2.75) is 36.2 Å². The number of thioether (sulfide) groups is 1. The van der Waals surface area contributed by atoms with Gasteiger partial charge in [-0.25, -0.2) is 0 Å². The van der Waals surface area contributed by atoms with Crippen molar-refractivity contribution in [2.75, 3.05) is 5.32 Å². The first-order valence-electron chi connectivity index (χ1n) is 10.0. The number of nitrogens with one attached hydrogen (secondary N) is 1. The smallest absolute Gasteiger partial charge is 0.237 e. The molecule has 0 bridgehead atoms. The number of hydrogen-bond acceptors (Lipinski definition) is 5. The van der Waals surface area contributed by atoms with Crippen LogP contribution in [-0.4, -0.2) is 30.9 Å². The highest BCUT2D eigenvalue weighted by molar-refractivity contribution is 8.00. The maximum atomic E-state index is 12.9. The molecule has 0 saturated heterocycles. The Morgan fingerprint density at radius 3 is 2.73 bits per heavy atom. The van der Waals surface area contributed by atoms with Crippen LogP contribution in [0.15, 0.2) is 72.1 Å². The number of carbonyl (C=O) groups excluding carboxylic acids is 1. The molecule has 1 aliphatic rings. The van der Waals surface area contributed by atoms with Crippen LogP contribution in [0.3, 0.4) is 0 Å². The minimum absolute atomic E-state index is 0.0513. The van der Waals surface area contributed by atoms with E-state index in [0.29, 0.717) is 6.04 Å². The Balaban J connectivity index is 1.37. The number of carbonyl (C=O) groups is 1. The topological polar surface area (TPSA) is 72.7 Å². The predicted octanol–water partition coefficient (Wildman–Crippen LogP) is 4.95. The lowest BCUT2D eigenvalue weighted by Gasteiger charge is -2.14. The number of pyridine rings is 1. The van der Waals surface area contributed by atoms with Gasteiger partial charge in [0, 0.05) is 35.1 Å². The Bertz CT molecular complexity index is 1200. The molecule has 7 heteroatoms. The summed E-state index contributed by atoms with van der Waals surface area (Å²) >= 11 is 1.44. The summed E-state index contributed by atoms with van der Waals surface area (Å²) in [5, 5.41) is 14.5. The van der Waals surface area contributed by atoms with E-state index in [2.05, 4.69) is 25.1 Å². The van der Waals surface area contributed by atoms with Crippen LogP contribution in [-0.2, 0) is 4.79 Å². The molecule has 1 aliphatic carbocycles. The zero-order valence-corrected chi connectivity index (χ0v) is 17.3. The van der Waals surface area contributed by atoms with E-state index in [1.165, 1.54) is 11.8 Å². The maximum absolute atomic E-state index is 12.9. The molecular formula is C23H21N5OS. The van der Waals surface area contributed by atoms with Crippen molar-refractivity contribution in [3.8, 4) is 11.4 Å². The van der Waals surface area contributed by atoms with Crippen LogP contribution in [0.1, 0.15) is 25.8 Å². The molecule has 6 nitrogen and oxygen atoms in total. The summed E-state index contributed by atoms with van der Waals surface area (Å²) in [4.78, 5) is 17.1. The average Bonchev–Trinajstić information content (AvgIpc) is 3.54. The molecule has 1 atom stereocenters. The summed E-state index contributed by atoms with van der Waals surface area (Å²) in [5.74, 6) is 0.763. The second kappa shape index (κ2) is 7.91. The number of anilines is 1. The Morgan fingerprint density at radius 1 is 1.10 bits per heavy atom. The zero-order valence-electron chi connectivity index (χ0n) is 16.5.